The Kier molecular flexibility index (Phi) is 4.85. The highest BCUT2D eigenvalue weighted by Crippen LogP contribution is 2.17. The third-order valence-corrected chi connectivity index (χ3v) is 3.30. The molecule has 0 aliphatic rings. The van der Waals surface area contributed by atoms with E-state index in [0.29, 0.717) is 0 Å². The summed E-state index contributed by atoms with van der Waals surface area (Å²) in [6, 6.07) is 12.7. The molecule has 1 amide bonds. The number of amides is 1. The maximum absolute atomic E-state index is 12.2. The monoisotopic (exact) mass is 270 g/mol. The van der Waals surface area contributed by atoms with Gasteiger partial charge >= 0.3 is 0 Å². The molecule has 0 aliphatic heterocycles. The van der Waals surface area contributed by atoms with Gasteiger partial charge in [0.25, 0.3) is 0 Å². The number of rotatable bonds is 5. The zero-order valence-corrected chi connectivity index (χ0v) is 11.4. The van der Waals surface area contributed by atoms with Crippen LogP contribution in [0.4, 0.5) is 0 Å². The Bertz CT molecular complexity index is 543. The number of nitrogens with one attached hydrogen (secondary N) is 1. The molecule has 104 valence electrons. The van der Waals surface area contributed by atoms with E-state index < -0.39 is 0 Å². The second kappa shape index (κ2) is 6.82. The molecule has 1 aromatic heterocycles. The van der Waals surface area contributed by atoms with Crippen molar-refractivity contribution in [1.29, 1.82) is 0 Å². The zero-order chi connectivity index (χ0) is 14.4. The number of aliphatic hydroxyl groups is 1. The number of hydrogen-bond acceptors (Lipinski definition) is 3. The smallest absolute Gasteiger partial charge is 0.227 e. The highest BCUT2D eigenvalue weighted by atomic mass is 16.3. The lowest BCUT2D eigenvalue weighted by Gasteiger charge is -2.19. The molecule has 0 fully saturated rings. The van der Waals surface area contributed by atoms with Crippen molar-refractivity contribution in [2.24, 2.45) is 0 Å². The SMILES string of the molecule is CC(C(=O)N[C@H](CO)c1ccccc1)c1ccncc1. The number of carbonyl (C=O) groups is 1. The molecule has 4 nitrogen and oxygen atoms in total. The summed E-state index contributed by atoms with van der Waals surface area (Å²) in [5.41, 5.74) is 1.80. The van der Waals surface area contributed by atoms with E-state index in [9.17, 15) is 9.90 Å². The molecule has 4 heteroatoms. The van der Waals surface area contributed by atoms with Crippen molar-refractivity contribution in [2.75, 3.05) is 6.61 Å². The van der Waals surface area contributed by atoms with E-state index in [0.717, 1.165) is 11.1 Å². The first-order chi connectivity index (χ1) is 9.72. The second-order valence-electron chi connectivity index (χ2n) is 4.66. The fourth-order valence-corrected chi connectivity index (χ4v) is 2.02. The van der Waals surface area contributed by atoms with Crippen molar-refractivity contribution in [2.45, 2.75) is 18.9 Å². The van der Waals surface area contributed by atoms with E-state index in [1.807, 2.05) is 49.4 Å². The van der Waals surface area contributed by atoms with Crippen molar-refractivity contribution in [3.8, 4) is 0 Å². The summed E-state index contributed by atoms with van der Waals surface area (Å²) < 4.78 is 0. The Labute approximate surface area is 118 Å². The molecule has 0 saturated heterocycles. The van der Waals surface area contributed by atoms with Crippen molar-refractivity contribution in [1.82, 2.24) is 10.3 Å². The van der Waals surface area contributed by atoms with Gasteiger partial charge in [-0.15, -0.1) is 0 Å². The van der Waals surface area contributed by atoms with Gasteiger partial charge in [-0.25, -0.2) is 0 Å². The fraction of sp³-hybridized carbons (Fsp3) is 0.250. The van der Waals surface area contributed by atoms with Gasteiger partial charge in [-0.05, 0) is 30.2 Å². The largest absolute Gasteiger partial charge is 0.394 e. The van der Waals surface area contributed by atoms with Crippen LogP contribution in [0, 0.1) is 0 Å². The van der Waals surface area contributed by atoms with E-state index in [-0.39, 0.29) is 24.5 Å². The van der Waals surface area contributed by atoms with Gasteiger partial charge in [-0.1, -0.05) is 30.3 Å². The molecule has 0 saturated carbocycles. The summed E-state index contributed by atoms with van der Waals surface area (Å²) in [6.45, 7) is 1.71. The van der Waals surface area contributed by atoms with Crippen LogP contribution in [0.5, 0.6) is 0 Å². The van der Waals surface area contributed by atoms with Crippen LogP contribution in [-0.4, -0.2) is 22.6 Å². The number of pyridine rings is 1. The standard InChI is InChI=1S/C16H18N2O2/c1-12(13-7-9-17-10-8-13)16(20)18-15(11-19)14-5-3-2-4-6-14/h2-10,12,15,19H,11H2,1H3,(H,18,20)/t12?,15-/m1/s1. The maximum atomic E-state index is 12.2. The molecule has 0 bridgehead atoms. The van der Waals surface area contributed by atoms with Gasteiger partial charge < -0.3 is 10.4 Å². The molecular weight excluding hydrogens is 252 g/mol. The van der Waals surface area contributed by atoms with Crippen LogP contribution in [0.15, 0.2) is 54.9 Å². The first-order valence-electron chi connectivity index (χ1n) is 6.58. The van der Waals surface area contributed by atoms with Crippen LogP contribution < -0.4 is 5.32 Å². The summed E-state index contributed by atoms with van der Waals surface area (Å²) >= 11 is 0. The maximum Gasteiger partial charge on any atom is 0.227 e. The van der Waals surface area contributed by atoms with E-state index in [1.165, 1.54) is 0 Å². The highest BCUT2D eigenvalue weighted by molar-refractivity contribution is 5.83. The van der Waals surface area contributed by atoms with Crippen molar-refractivity contribution >= 4 is 5.91 Å². The van der Waals surface area contributed by atoms with E-state index in [4.69, 9.17) is 0 Å². The van der Waals surface area contributed by atoms with Crippen LogP contribution in [-0.2, 0) is 4.79 Å². The predicted molar refractivity (Wildman–Crippen MR) is 77.1 cm³/mol. The van der Waals surface area contributed by atoms with Crippen LogP contribution in [0.2, 0.25) is 0 Å². The average molecular weight is 270 g/mol. The Morgan fingerprint density at radius 2 is 1.80 bits per heavy atom. The second-order valence-corrected chi connectivity index (χ2v) is 4.66. The number of aliphatic hydroxyl groups excluding tert-OH is 1. The van der Waals surface area contributed by atoms with Gasteiger partial charge in [0.1, 0.15) is 0 Å². The number of carbonyl (C=O) groups excluding carboxylic acids is 1. The first-order valence-corrected chi connectivity index (χ1v) is 6.58. The molecule has 20 heavy (non-hydrogen) atoms. The number of benzene rings is 1. The minimum absolute atomic E-state index is 0.112. The van der Waals surface area contributed by atoms with Crippen LogP contribution in [0.1, 0.15) is 30.0 Å². The Morgan fingerprint density at radius 1 is 1.15 bits per heavy atom. The Hall–Kier alpha value is -2.20. The van der Waals surface area contributed by atoms with Crippen molar-refractivity contribution in [3.05, 3.63) is 66.0 Å². The highest BCUT2D eigenvalue weighted by Gasteiger charge is 2.19. The van der Waals surface area contributed by atoms with E-state index >= 15 is 0 Å². The predicted octanol–water partition coefficient (Wildman–Crippen LogP) is 2.03. The van der Waals surface area contributed by atoms with Crippen molar-refractivity contribution < 1.29 is 9.90 Å². The van der Waals surface area contributed by atoms with Gasteiger partial charge in [-0.2, -0.15) is 0 Å². The lowest BCUT2D eigenvalue weighted by atomic mass is 10.0. The molecule has 1 aromatic carbocycles. The van der Waals surface area contributed by atoms with Gasteiger partial charge in [0.05, 0.1) is 18.6 Å². The van der Waals surface area contributed by atoms with Gasteiger partial charge in [0, 0.05) is 12.4 Å². The molecule has 1 heterocycles. The van der Waals surface area contributed by atoms with E-state index in [1.54, 1.807) is 12.4 Å². The summed E-state index contributed by atoms with van der Waals surface area (Å²) in [6.07, 6.45) is 3.33. The zero-order valence-electron chi connectivity index (χ0n) is 11.4. The topological polar surface area (TPSA) is 62.2 Å². The van der Waals surface area contributed by atoms with Crippen molar-refractivity contribution in [3.63, 3.8) is 0 Å². The quantitative estimate of drug-likeness (QED) is 0.874. The minimum Gasteiger partial charge on any atom is -0.394 e. The van der Waals surface area contributed by atoms with Gasteiger partial charge in [0.15, 0.2) is 0 Å². The van der Waals surface area contributed by atoms with Gasteiger partial charge in [0.2, 0.25) is 5.91 Å². The Balaban J connectivity index is 2.06. The third-order valence-electron chi connectivity index (χ3n) is 3.30. The van der Waals surface area contributed by atoms with E-state index in [2.05, 4.69) is 10.3 Å². The molecule has 0 spiro atoms. The number of nitrogens with zero attached hydrogens (tertiary/aromatic N) is 1. The number of aromatic nitrogens is 1. The summed E-state index contributed by atoms with van der Waals surface area (Å²) in [7, 11) is 0. The van der Waals surface area contributed by atoms with Gasteiger partial charge in [-0.3, -0.25) is 9.78 Å². The average Bonchev–Trinajstić information content (AvgIpc) is 2.53. The Morgan fingerprint density at radius 3 is 2.40 bits per heavy atom. The lowest BCUT2D eigenvalue weighted by molar-refractivity contribution is -0.123. The number of hydrogen-bond donors (Lipinski definition) is 2. The lowest BCUT2D eigenvalue weighted by Crippen LogP contribution is -2.33. The summed E-state index contributed by atoms with van der Waals surface area (Å²) in [5, 5.41) is 12.3. The molecule has 1 unspecified atom stereocenters. The molecule has 0 radical (unpaired) electrons. The van der Waals surface area contributed by atoms with Crippen LogP contribution >= 0.6 is 0 Å². The fourth-order valence-electron chi connectivity index (χ4n) is 2.02. The third kappa shape index (κ3) is 3.42. The summed E-state index contributed by atoms with van der Waals surface area (Å²) in [4.78, 5) is 16.2. The normalized spacial score (nSPS) is 13.5. The van der Waals surface area contributed by atoms with Crippen LogP contribution in [0.3, 0.4) is 0 Å². The molecule has 2 N–H and O–H groups in total. The summed E-state index contributed by atoms with van der Waals surface area (Å²) in [5.74, 6) is -0.394. The first kappa shape index (κ1) is 14.2. The molecule has 2 aromatic rings. The molecule has 0 aliphatic carbocycles. The molecule has 2 rings (SSSR count). The molecular formula is C16H18N2O2. The molecule has 2 atom stereocenters. The minimum atomic E-state index is -0.381. The van der Waals surface area contributed by atoms with Crippen LogP contribution in [0.25, 0.3) is 0 Å².